The molecule has 8 nitrogen and oxygen atoms in total. The number of imidazole rings is 1. The third kappa shape index (κ3) is 5.02. The van der Waals surface area contributed by atoms with Crippen molar-refractivity contribution in [2.45, 2.75) is 44.3 Å². The summed E-state index contributed by atoms with van der Waals surface area (Å²) in [5, 5.41) is 9.07. The smallest absolute Gasteiger partial charge is 0.251 e. The van der Waals surface area contributed by atoms with Crippen molar-refractivity contribution in [1.29, 1.82) is 0 Å². The number of anilines is 1. The van der Waals surface area contributed by atoms with Crippen LogP contribution in [0.4, 0.5) is 10.2 Å². The van der Waals surface area contributed by atoms with Gasteiger partial charge in [0.2, 0.25) is 5.91 Å². The summed E-state index contributed by atoms with van der Waals surface area (Å²) in [7, 11) is 0. The molecule has 1 unspecified atom stereocenters. The number of alkyl halides is 1. The Hall–Kier alpha value is -2.56. The first-order chi connectivity index (χ1) is 16.1. The Morgan fingerprint density at radius 3 is 2.88 bits per heavy atom. The Bertz CT molecular complexity index is 1150. The van der Waals surface area contributed by atoms with Crippen molar-refractivity contribution in [2.75, 3.05) is 38.0 Å². The van der Waals surface area contributed by atoms with Crippen LogP contribution in [0, 0.1) is 0 Å². The molecule has 0 spiro atoms. The summed E-state index contributed by atoms with van der Waals surface area (Å²) < 4.78 is 16.1. The van der Waals surface area contributed by atoms with Crippen molar-refractivity contribution in [1.82, 2.24) is 24.9 Å². The summed E-state index contributed by atoms with van der Waals surface area (Å²) in [5.74, 6) is 0.398. The van der Waals surface area contributed by atoms with Gasteiger partial charge in [0.15, 0.2) is 10.8 Å². The first-order valence-electron chi connectivity index (χ1n) is 11.7. The minimum absolute atomic E-state index is 0.0478. The molecule has 3 aromatic rings. The van der Waals surface area contributed by atoms with E-state index in [-0.39, 0.29) is 17.9 Å². The number of carbonyl (C=O) groups is 2. The maximum atomic E-state index is 13.2. The van der Waals surface area contributed by atoms with Crippen LogP contribution in [0.15, 0.2) is 24.4 Å². The molecule has 0 aliphatic carbocycles. The number of thiazole rings is 1. The summed E-state index contributed by atoms with van der Waals surface area (Å²) in [6.45, 7) is 3.95. The molecule has 33 heavy (non-hydrogen) atoms. The molecule has 2 aromatic heterocycles. The lowest BCUT2D eigenvalue weighted by molar-refractivity contribution is -0.117. The summed E-state index contributed by atoms with van der Waals surface area (Å²) >= 11 is 1.49. The van der Waals surface area contributed by atoms with E-state index < -0.39 is 6.17 Å². The monoisotopic (exact) mass is 472 g/mol. The maximum Gasteiger partial charge on any atom is 0.251 e. The van der Waals surface area contributed by atoms with E-state index in [1.165, 1.54) is 11.3 Å². The number of nitrogens with one attached hydrogen (secondary N) is 3. The first kappa shape index (κ1) is 22.2. The lowest BCUT2D eigenvalue weighted by atomic mass is 10.1. The molecule has 4 heterocycles. The highest BCUT2D eigenvalue weighted by Gasteiger charge is 2.23. The zero-order valence-corrected chi connectivity index (χ0v) is 19.3. The summed E-state index contributed by atoms with van der Waals surface area (Å²) in [6.07, 6.45) is 5.10. The van der Waals surface area contributed by atoms with Gasteiger partial charge in [0, 0.05) is 25.2 Å². The Morgan fingerprint density at radius 2 is 2.09 bits per heavy atom. The van der Waals surface area contributed by atoms with Gasteiger partial charge in [-0.2, -0.15) is 0 Å². The van der Waals surface area contributed by atoms with Crippen LogP contribution in [-0.2, 0) is 4.79 Å². The van der Waals surface area contributed by atoms with Crippen LogP contribution in [0.5, 0.6) is 0 Å². The number of rotatable bonds is 7. The standard InChI is InChI=1S/C23H29FN6O2S/c24-16-6-11-29(12-7-16)10-2-9-26-21(31)15-4-5-18-19(13-15)33-23-28-20(14-30(18)23)27-22(32)17-3-1-8-25-17/h4-5,13-14,16-17,25H,1-3,6-12H2,(H,26,31)(H,27,32). The van der Waals surface area contributed by atoms with Gasteiger partial charge in [0.05, 0.1) is 22.5 Å². The second kappa shape index (κ2) is 9.74. The lowest BCUT2D eigenvalue weighted by Crippen LogP contribution is -2.36. The Morgan fingerprint density at radius 1 is 1.24 bits per heavy atom. The number of likely N-dealkylation sites (tertiary alicyclic amines) is 1. The third-order valence-electron chi connectivity index (χ3n) is 6.44. The predicted molar refractivity (Wildman–Crippen MR) is 128 cm³/mol. The minimum Gasteiger partial charge on any atom is -0.352 e. The van der Waals surface area contributed by atoms with Crippen LogP contribution in [0.3, 0.4) is 0 Å². The van der Waals surface area contributed by atoms with Crippen molar-refractivity contribution in [3.05, 3.63) is 30.0 Å². The van der Waals surface area contributed by atoms with E-state index >= 15 is 0 Å². The summed E-state index contributed by atoms with van der Waals surface area (Å²) in [4.78, 5) is 32.5. The van der Waals surface area contributed by atoms with E-state index in [9.17, 15) is 14.0 Å². The van der Waals surface area contributed by atoms with E-state index in [0.717, 1.165) is 60.6 Å². The molecule has 2 amide bonds. The largest absolute Gasteiger partial charge is 0.352 e. The zero-order chi connectivity index (χ0) is 22.8. The van der Waals surface area contributed by atoms with Gasteiger partial charge >= 0.3 is 0 Å². The molecule has 3 N–H and O–H groups in total. The van der Waals surface area contributed by atoms with Crippen LogP contribution >= 0.6 is 11.3 Å². The molecule has 2 fully saturated rings. The SMILES string of the molecule is O=C(NCCCN1CCC(F)CC1)c1ccc2c(c1)sc1nc(NC(=O)C3CCCN3)cn12. The molecule has 10 heteroatoms. The highest BCUT2D eigenvalue weighted by Crippen LogP contribution is 2.28. The second-order valence-corrected chi connectivity index (χ2v) is 9.84. The number of piperidine rings is 1. The Balaban J connectivity index is 1.17. The third-order valence-corrected chi connectivity index (χ3v) is 7.46. The van der Waals surface area contributed by atoms with Crippen LogP contribution < -0.4 is 16.0 Å². The number of hydrogen-bond acceptors (Lipinski definition) is 6. The van der Waals surface area contributed by atoms with Crippen molar-refractivity contribution in [3.63, 3.8) is 0 Å². The molecule has 1 atom stereocenters. The molecular formula is C23H29FN6O2S. The summed E-state index contributed by atoms with van der Waals surface area (Å²) in [6, 6.07) is 5.47. The minimum atomic E-state index is -0.657. The van der Waals surface area contributed by atoms with Gasteiger partial charge in [-0.3, -0.25) is 14.0 Å². The average molecular weight is 473 g/mol. The van der Waals surface area contributed by atoms with E-state index in [1.54, 1.807) is 0 Å². The molecule has 0 saturated carbocycles. The van der Waals surface area contributed by atoms with Gasteiger partial charge in [0.1, 0.15) is 6.17 Å². The number of nitrogens with zero attached hydrogens (tertiary/aromatic N) is 3. The molecule has 176 valence electrons. The van der Waals surface area contributed by atoms with E-state index in [2.05, 4.69) is 25.8 Å². The van der Waals surface area contributed by atoms with Gasteiger partial charge in [-0.15, -0.1) is 0 Å². The van der Waals surface area contributed by atoms with E-state index in [1.807, 2.05) is 28.8 Å². The molecule has 5 rings (SSSR count). The average Bonchev–Trinajstić information content (AvgIpc) is 3.54. The number of amides is 2. The van der Waals surface area contributed by atoms with Gasteiger partial charge < -0.3 is 20.9 Å². The number of fused-ring (bicyclic) bond motifs is 3. The van der Waals surface area contributed by atoms with E-state index in [0.29, 0.717) is 30.8 Å². The molecule has 1 aromatic carbocycles. The Labute approximate surface area is 195 Å². The van der Waals surface area contributed by atoms with Gasteiger partial charge in [-0.05, 0) is 63.4 Å². The molecule has 0 radical (unpaired) electrons. The molecular weight excluding hydrogens is 443 g/mol. The van der Waals surface area contributed by atoms with Crippen LogP contribution in [0.2, 0.25) is 0 Å². The number of halogens is 1. The Kier molecular flexibility index (Phi) is 6.57. The normalized spacial score (nSPS) is 20.0. The fourth-order valence-electron chi connectivity index (χ4n) is 4.56. The molecule has 2 aliphatic heterocycles. The van der Waals surface area contributed by atoms with Gasteiger partial charge in [-0.25, -0.2) is 9.37 Å². The fraction of sp³-hybridized carbons (Fsp3) is 0.522. The maximum absolute atomic E-state index is 13.2. The number of benzene rings is 1. The zero-order valence-electron chi connectivity index (χ0n) is 18.5. The van der Waals surface area contributed by atoms with Crippen molar-refractivity contribution in [2.24, 2.45) is 0 Å². The second-order valence-electron chi connectivity index (χ2n) is 8.83. The number of aromatic nitrogens is 2. The highest BCUT2D eigenvalue weighted by atomic mass is 32.1. The number of hydrogen-bond donors (Lipinski definition) is 3. The predicted octanol–water partition coefficient (Wildman–Crippen LogP) is 2.79. The highest BCUT2D eigenvalue weighted by molar-refractivity contribution is 7.23. The van der Waals surface area contributed by atoms with Gasteiger partial charge in [-0.1, -0.05) is 11.3 Å². The molecule has 2 saturated heterocycles. The van der Waals surface area contributed by atoms with Crippen LogP contribution in [0.25, 0.3) is 15.2 Å². The van der Waals surface area contributed by atoms with Gasteiger partial charge in [0.25, 0.3) is 5.91 Å². The van der Waals surface area contributed by atoms with E-state index in [4.69, 9.17) is 0 Å². The molecule has 2 aliphatic rings. The van der Waals surface area contributed by atoms with Crippen molar-refractivity contribution in [3.8, 4) is 0 Å². The fourth-order valence-corrected chi connectivity index (χ4v) is 5.60. The summed E-state index contributed by atoms with van der Waals surface area (Å²) in [5.41, 5.74) is 1.57. The van der Waals surface area contributed by atoms with Crippen LogP contribution in [0.1, 0.15) is 42.5 Å². The first-order valence-corrected chi connectivity index (χ1v) is 12.5. The number of carbonyl (C=O) groups excluding carboxylic acids is 2. The van der Waals surface area contributed by atoms with Crippen LogP contribution in [-0.4, -0.2) is 71.0 Å². The quantitative estimate of drug-likeness (QED) is 0.460. The van der Waals surface area contributed by atoms with Crippen molar-refractivity contribution < 1.29 is 14.0 Å². The lowest BCUT2D eigenvalue weighted by Gasteiger charge is -2.28. The van der Waals surface area contributed by atoms with Crippen molar-refractivity contribution >= 4 is 44.1 Å². The topological polar surface area (TPSA) is 90.8 Å². The molecule has 0 bridgehead atoms.